The molecule has 12 heavy (non-hydrogen) atoms. The molecule has 2 heterocycles. The number of rotatable bonds is 1. The summed E-state index contributed by atoms with van der Waals surface area (Å²) in [6.45, 7) is 0. The molecule has 5 heteroatoms. The molecule has 1 aromatic heterocycles. The van der Waals surface area contributed by atoms with Crippen LogP contribution in [0.5, 0.6) is 0 Å². The third kappa shape index (κ3) is 1.25. The van der Waals surface area contributed by atoms with Crippen LogP contribution in [0, 0.1) is 0 Å². The number of nitrogens with one attached hydrogen (secondary N) is 1. The van der Waals surface area contributed by atoms with Crippen molar-refractivity contribution < 1.29 is 0 Å². The maximum absolute atomic E-state index is 5.95. The van der Waals surface area contributed by atoms with Crippen LogP contribution >= 0.6 is 23.4 Å². The first-order chi connectivity index (χ1) is 5.81. The van der Waals surface area contributed by atoms with E-state index >= 15 is 0 Å². The molecule has 0 atom stereocenters. The Morgan fingerprint density at radius 3 is 3.00 bits per heavy atom. The summed E-state index contributed by atoms with van der Waals surface area (Å²) in [5.74, 6) is 2.51. The maximum Gasteiger partial charge on any atom is 0.224 e. The second kappa shape index (κ2) is 3.11. The van der Waals surface area contributed by atoms with Gasteiger partial charge in [0.1, 0.15) is 5.15 Å². The highest BCUT2D eigenvalue weighted by Gasteiger charge is 2.17. The van der Waals surface area contributed by atoms with E-state index in [2.05, 4.69) is 15.3 Å². The zero-order chi connectivity index (χ0) is 8.55. The van der Waals surface area contributed by atoms with E-state index in [9.17, 15) is 0 Å². The van der Waals surface area contributed by atoms with Gasteiger partial charge in [0.05, 0.1) is 5.69 Å². The Morgan fingerprint density at radius 1 is 1.42 bits per heavy atom. The predicted molar refractivity (Wildman–Crippen MR) is 51.6 cm³/mol. The van der Waals surface area contributed by atoms with Gasteiger partial charge in [-0.3, -0.25) is 0 Å². The van der Waals surface area contributed by atoms with Crippen LogP contribution in [0.15, 0.2) is 0 Å². The third-order valence-electron chi connectivity index (χ3n) is 1.75. The zero-order valence-corrected chi connectivity index (χ0v) is 8.17. The second-order valence-electron chi connectivity index (χ2n) is 2.51. The Kier molecular flexibility index (Phi) is 2.11. The molecule has 0 fully saturated rings. The first-order valence-corrected chi connectivity index (χ1v) is 5.15. The van der Waals surface area contributed by atoms with Crippen LogP contribution in [0.4, 0.5) is 5.95 Å². The van der Waals surface area contributed by atoms with Gasteiger partial charge in [-0.05, 0) is 0 Å². The van der Waals surface area contributed by atoms with Crippen LogP contribution in [0.1, 0.15) is 11.3 Å². The largest absolute Gasteiger partial charge is 0.357 e. The molecule has 0 radical (unpaired) electrons. The van der Waals surface area contributed by atoms with Crippen LogP contribution < -0.4 is 5.32 Å². The van der Waals surface area contributed by atoms with E-state index in [1.807, 2.05) is 11.8 Å². The predicted octanol–water partition coefficient (Wildman–Crippen LogP) is 1.92. The monoisotopic (exact) mass is 201 g/mol. The van der Waals surface area contributed by atoms with Gasteiger partial charge in [-0.15, -0.1) is 0 Å². The fourth-order valence-corrected chi connectivity index (χ4v) is 2.50. The van der Waals surface area contributed by atoms with Crippen LogP contribution in [0.2, 0.25) is 5.15 Å². The number of halogens is 1. The summed E-state index contributed by atoms with van der Waals surface area (Å²) in [7, 11) is 1.79. The van der Waals surface area contributed by atoms with Crippen molar-refractivity contribution in [3.63, 3.8) is 0 Å². The molecule has 0 saturated carbocycles. The molecule has 0 aliphatic carbocycles. The lowest BCUT2D eigenvalue weighted by atomic mass is 10.3. The van der Waals surface area contributed by atoms with Gasteiger partial charge < -0.3 is 5.32 Å². The minimum atomic E-state index is 0.592. The van der Waals surface area contributed by atoms with Crippen LogP contribution in [0.25, 0.3) is 0 Å². The summed E-state index contributed by atoms with van der Waals surface area (Å²) < 4.78 is 0. The van der Waals surface area contributed by atoms with Crippen molar-refractivity contribution in [1.82, 2.24) is 9.97 Å². The van der Waals surface area contributed by atoms with Crippen molar-refractivity contribution in [3.8, 4) is 0 Å². The molecule has 64 valence electrons. The highest BCUT2D eigenvalue weighted by molar-refractivity contribution is 7.98. The van der Waals surface area contributed by atoms with E-state index in [4.69, 9.17) is 11.6 Å². The smallest absolute Gasteiger partial charge is 0.224 e. The number of anilines is 1. The van der Waals surface area contributed by atoms with Crippen LogP contribution in [0.3, 0.4) is 0 Å². The fourth-order valence-electron chi connectivity index (χ4n) is 1.12. The normalized spacial score (nSPS) is 14.5. The Bertz CT molecular complexity index is 316. The van der Waals surface area contributed by atoms with Crippen LogP contribution in [-0.4, -0.2) is 17.0 Å². The molecule has 1 aromatic rings. The van der Waals surface area contributed by atoms with E-state index < -0.39 is 0 Å². The number of hydrogen-bond acceptors (Lipinski definition) is 4. The molecule has 0 bridgehead atoms. The average molecular weight is 202 g/mol. The van der Waals surface area contributed by atoms with E-state index in [0.29, 0.717) is 11.1 Å². The van der Waals surface area contributed by atoms with E-state index in [-0.39, 0.29) is 0 Å². The van der Waals surface area contributed by atoms with Gasteiger partial charge >= 0.3 is 0 Å². The van der Waals surface area contributed by atoms with Gasteiger partial charge in [-0.1, -0.05) is 11.6 Å². The van der Waals surface area contributed by atoms with Gasteiger partial charge in [0.2, 0.25) is 5.95 Å². The van der Waals surface area contributed by atoms with Crippen molar-refractivity contribution in [2.75, 3.05) is 12.4 Å². The molecule has 0 amide bonds. The molecule has 1 N–H and O–H groups in total. The molecule has 2 rings (SSSR count). The first kappa shape index (κ1) is 8.13. The minimum Gasteiger partial charge on any atom is -0.357 e. The highest BCUT2D eigenvalue weighted by atomic mass is 35.5. The molecule has 0 unspecified atom stereocenters. The number of thioether (sulfide) groups is 1. The molecule has 1 aliphatic rings. The molecule has 1 aliphatic heterocycles. The molecular weight excluding hydrogens is 194 g/mol. The first-order valence-electron chi connectivity index (χ1n) is 3.62. The van der Waals surface area contributed by atoms with Gasteiger partial charge in [0.25, 0.3) is 0 Å². The van der Waals surface area contributed by atoms with Gasteiger partial charge in [0, 0.05) is 24.1 Å². The fraction of sp³-hybridized carbons (Fsp3) is 0.429. The molecule has 0 saturated heterocycles. The van der Waals surface area contributed by atoms with E-state index in [1.165, 1.54) is 0 Å². The average Bonchev–Trinajstić information content (AvgIpc) is 2.52. The maximum atomic E-state index is 5.95. The number of fused-ring (bicyclic) bond motifs is 1. The third-order valence-corrected chi connectivity index (χ3v) is 3.03. The standard InChI is InChI=1S/C7H8ClN3S/c1-9-7-10-5-3-12-2-4(5)6(8)11-7/h2-3H2,1H3,(H,9,10,11). The lowest BCUT2D eigenvalue weighted by Gasteiger charge is -2.02. The summed E-state index contributed by atoms with van der Waals surface area (Å²) in [4.78, 5) is 8.40. The topological polar surface area (TPSA) is 37.8 Å². The second-order valence-corrected chi connectivity index (χ2v) is 3.85. The van der Waals surface area contributed by atoms with Gasteiger partial charge in [0.15, 0.2) is 0 Å². The van der Waals surface area contributed by atoms with E-state index in [0.717, 1.165) is 22.8 Å². The molecule has 0 spiro atoms. The lowest BCUT2D eigenvalue weighted by Crippen LogP contribution is -2.00. The highest BCUT2D eigenvalue weighted by Crippen LogP contribution is 2.32. The molecule has 0 aromatic carbocycles. The van der Waals surface area contributed by atoms with Crippen molar-refractivity contribution >= 4 is 29.3 Å². The summed E-state index contributed by atoms with van der Waals surface area (Å²) in [6.07, 6.45) is 0. The number of hydrogen-bond donors (Lipinski definition) is 1. The van der Waals surface area contributed by atoms with E-state index in [1.54, 1.807) is 7.05 Å². The van der Waals surface area contributed by atoms with Crippen molar-refractivity contribution in [2.24, 2.45) is 0 Å². The lowest BCUT2D eigenvalue weighted by molar-refractivity contribution is 1.06. The zero-order valence-electron chi connectivity index (χ0n) is 6.59. The summed E-state index contributed by atoms with van der Waals surface area (Å²) in [5.41, 5.74) is 2.17. The van der Waals surface area contributed by atoms with Crippen molar-refractivity contribution in [1.29, 1.82) is 0 Å². The van der Waals surface area contributed by atoms with Crippen molar-refractivity contribution in [3.05, 3.63) is 16.4 Å². The Balaban J connectivity index is 2.51. The van der Waals surface area contributed by atoms with Crippen LogP contribution in [-0.2, 0) is 11.5 Å². The number of aromatic nitrogens is 2. The SMILES string of the molecule is CNc1nc(Cl)c2c(n1)CSC2. The Morgan fingerprint density at radius 2 is 2.25 bits per heavy atom. The quantitative estimate of drug-likeness (QED) is 0.705. The number of nitrogens with zero attached hydrogens (tertiary/aromatic N) is 2. The Labute approximate surface area is 79.9 Å². The summed E-state index contributed by atoms with van der Waals surface area (Å²) in [5, 5.41) is 3.47. The van der Waals surface area contributed by atoms with Crippen molar-refractivity contribution in [2.45, 2.75) is 11.5 Å². The molecule has 3 nitrogen and oxygen atoms in total. The van der Waals surface area contributed by atoms with Gasteiger partial charge in [-0.25, -0.2) is 9.97 Å². The minimum absolute atomic E-state index is 0.592. The summed E-state index contributed by atoms with van der Waals surface area (Å²) in [6, 6.07) is 0. The summed E-state index contributed by atoms with van der Waals surface area (Å²) >= 11 is 7.77. The molecular formula is C7H8ClN3S. The van der Waals surface area contributed by atoms with Gasteiger partial charge in [-0.2, -0.15) is 11.8 Å². The Hall–Kier alpha value is -0.480.